The van der Waals surface area contributed by atoms with Gasteiger partial charge in [0.25, 0.3) is 0 Å². The Hall–Kier alpha value is -1.34. The van der Waals surface area contributed by atoms with Crippen molar-refractivity contribution in [1.29, 1.82) is 0 Å². The third-order valence-electron chi connectivity index (χ3n) is 5.87. The van der Waals surface area contributed by atoms with Crippen molar-refractivity contribution in [2.45, 2.75) is 57.9 Å². The van der Waals surface area contributed by atoms with E-state index in [4.69, 9.17) is 27.8 Å². The smallest absolute Gasteiger partial charge is 0.0777 e. The van der Waals surface area contributed by atoms with Crippen LogP contribution in [0.5, 0.6) is 5.75 Å². The average Bonchev–Trinajstić information content (AvgIpc) is 2.88. The minimum absolute atomic E-state index is 0. The Bertz CT molecular complexity index is 1000. The first kappa shape index (κ1) is 34.7. The first-order valence-electron chi connectivity index (χ1n) is 12.1. The Labute approximate surface area is 246 Å². The summed E-state index contributed by atoms with van der Waals surface area (Å²) < 4.78 is 19.7. The molecule has 0 amide bonds. The van der Waals surface area contributed by atoms with Gasteiger partial charge in [0.2, 0.25) is 0 Å². The number of nitrogens with two attached hydrogens (primary N) is 3. The molecule has 1 unspecified atom stereocenters. The Morgan fingerprint density at radius 3 is 2.19 bits per heavy atom. The van der Waals surface area contributed by atoms with Crippen LogP contribution >= 0.6 is 11.6 Å². The van der Waals surface area contributed by atoms with E-state index in [-0.39, 0.29) is 56.1 Å². The SMILES string of the molecule is CC.COc1cc[c-]c(-c2cc(C(CN)c3ccccc3)ccc2Cl)c1F.NC1CCCCC1.[NH2-].[Y]. The molecule has 7 heteroatoms. The molecule has 1 atom stereocenters. The summed E-state index contributed by atoms with van der Waals surface area (Å²) >= 11 is 6.33. The summed E-state index contributed by atoms with van der Waals surface area (Å²) in [7, 11) is 1.43. The quantitative estimate of drug-likeness (QED) is 0.295. The molecule has 1 fully saturated rings. The molecule has 0 bridgehead atoms. The molecule has 0 heterocycles. The standard InChI is InChI=1S/C21H18ClFNO.C6H13N.C2H6.H2N.Y/c1-25-20-9-5-8-16(21(20)23)17-12-15(10-11-19(17)22)18(13-24)14-6-3-2-4-7-14;7-6-4-2-1-3-5-6;1-2;;/h2-7,9-12,18H,13,24H2,1H3;6H,1-5,7H2;1-2H3;1H2;/q-1;;;-1;. The van der Waals surface area contributed by atoms with E-state index in [9.17, 15) is 4.39 Å². The van der Waals surface area contributed by atoms with Crippen molar-refractivity contribution in [3.8, 4) is 16.9 Å². The normalized spacial score (nSPS) is 13.4. The van der Waals surface area contributed by atoms with Gasteiger partial charge >= 0.3 is 0 Å². The van der Waals surface area contributed by atoms with Crippen molar-refractivity contribution in [2.24, 2.45) is 11.5 Å². The second kappa shape index (κ2) is 18.8. The molecule has 1 aliphatic carbocycles. The van der Waals surface area contributed by atoms with Crippen LogP contribution < -0.4 is 16.2 Å². The Balaban J connectivity index is 0.000000954. The molecule has 3 aromatic carbocycles. The topological polar surface area (TPSA) is 94.8 Å². The molecule has 0 aromatic heterocycles. The van der Waals surface area contributed by atoms with Crippen LogP contribution in [-0.2, 0) is 32.7 Å². The number of halogens is 2. The molecule has 4 nitrogen and oxygen atoms in total. The summed E-state index contributed by atoms with van der Waals surface area (Å²) in [6, 6.07) is 22.2. The fraction of sp³-hybridized carbons (Fsp3) is 0.379. The summed E-state index contributed by atoms with van der Waals surface area (Å²) in [5.41, 5.74) is 14.6. The van der Waals surface area contributed by atoms with Gasteiger partial charge < -0.3 is 22.4 Å². The fourth-order valence-electron chi connectivity index (χ4n) is 4.05. The molecule has 0 aliphatic heterocycles. The van der Waals surface area contributed by atoms with Gasteiger partial charge in [-0.15, -0.1) is 17.7 Å². The van der Waals surface area contributed by atoms with E-state index in [1.807, 2.05) is 56.3 Å². The summed E-state index contributed by atoms with van der Waals surface area (Å²) in [5, 5.41) is 0.455. The van der Waals surface area contributed by atoms with Crippen LogP contribution in [0.4, 0.5) is 4.39 Å². The zero-order valence-corrected chi connectivity index (χ0v) is 25.2. The van der Waals surface area contributed by atoms with Crippen molar-refractivity contribution in [2.75, 3.05) is 13.7 Å². The van der Waals surface area contributed by atoms with Gasteiger partial charge in [-0.05, 0) is 24.0 Å². The Morgan fingerprint density at radius 1 is 1.03 bits per heavy atom. The van der Waals surface area contributed by atoms with Crippen LogP contribution in [0.1, 0.15) is 63.0 Å². The fourth-order valence-corrected chi connectivity index (χ4v) is 4.26. The van der Waals surface area contributed by atoms with Crippen LogP contribution in [0, 0.1) is 11.9 Å². The Kier molecular flexibility index (Phi) is 18.1. The minimum atomic E-state index is -0.479. The van der Waals surface area contributed by atoms with Crippen LogP contribution in [0.2, 0.25) is 5.02 Å². The largest absolute Gasteiger partial charge is 0.693 e. The Morgan fingerprint density at radius 2 is 1.67 bits per heavy atom. The van der Waals surface area contributed by atoms with Crippen molar-refractivity contribution in [3.63, 3.8) is 0 Å². The van der Waals surface area contributed by atoms with Gasteiger partial charge in [-0.25, -0.2) is 0 Å². The van der Waals surface area contributed by atoms with Crippen LogP contribution in [0.25, 0.3) is 17.3 Å². The van der Waals surface area contributed by atoms with Crippen molar-refractivity contribution in [3.05, 3.63) is 94.8 Å². The molecule has 0 saturated heterocycles. The van der Waals surface area contributed by atoms with Crippen molar-refractivity contribution >= 4 is 11.6 Å². The molecular weight excluding hydrogens is 550 g/mol. The van der Waals surface area contributed by atoms with E-state index in [0.29, 0.717) is 23.2 Å². The predicted molar refractivity (Wildman–Crippen MR) is 147 cm³/mol. The number of hydrogen-bond donors (Lipinski definition) is 2. The van der Waals surface area contributed by atoms with E-state index < -0.39 is 5.82 Å². The molecule has 1 aliphatic rings. The molecule has 6 N–H and O–H groups in total. The maximum atomic E-state index is 14.6. The number of hydrogen-bond acceptors (Lipinski definition) is 3. The minimum Gasteiger partial charge on any atom is -0.693 e. The van der Waals surface area contributed by atoms with Crippen LogP contribution in [0.15, 0.2) is 60.7 Å². The van der Waals surface area contributed by atoms with E-state index in [0.717, 1.165) is 11.1 Å². The molecule has 1 radical (unpaired) electrons. The summed E-state index contributed by atoms with van der Waals surface area (Å²) in [6.07, 6.45) is 6.66. The number of rotatable bonds is 5. The molecular formula is C29H39ClFN3OY-2. The van der Waals surface area contributed by atoms with Gasteiger partial charge in [0.1, 0.15) is 0 Å². The van der Waals surface area contributed by atoms with Gasteiger partial charge in [0.15, 0.2) is 0 Å². The molecule has 36 heavy (non-hydrogen) atoms. The number of methoxy groups -OCH3 is 1. The maximum Gasteiger partial charge on any atom is 0.0777 e. The second-order valence-corrected chi connectivity index (χ2v) is 8.48. The number of ether oxygens (including phenoxy) is 1. The second-order valence-electron chi connectivity index (χ2n) is 8.07. The van der Waals surface area contributed by atoms with Crippen LogP contribution in [0.3, 0.4) is 0 Å². The van der Waals surface area contributed by atoms with E-state index >= 15 is 0 Å². The zero-order chi connectivity index (χ0) is 24.9. The molecule has 0 spiro atoms. The van der Waals surface area contributed by atoms with Crippen molar-refractivity contribution in [1.82, 2.24) is 0 Å². The monoisotopic (exact) mass is 588 g/mol. The van der Waals surface area contributed by atoms with Gasteiger partial charge in [0, 0.05) is 56.2 Å². The zero-order valence-electron chi connectivity index (χ0n) is 21.6. The van der Waals surface area contributed by atoms with Gasteiger partial charge in [-0.1, -0.05) is 105 Å². The maximum absolute atomic E-state index is 14.6. The van der Waals surface area contributed by atoms with Gasteiger partial charge in [0.05, 0.1) is 18.7 Å². The van der Waals surface area contributed by atoms with E-state index in [1.165, 1.54) is 45.3 Å². The molecule has 4 rings (SSSR count). The number of benzene rings is 3. The van der Waals surface area contributed by atoms with Gasteiger partial charge in [-0.3, -0.25) is 4.39 Å². The third-order valence-corrected chi connectivity index (χ3v) is 6.20. The first-order chi connectivity index (χ1) is 16.5. The first-order valence-corrected chi connectivity index (χ1v) is 12.5. The molecule has 3 aromatic rings. The summed E-state index contributed by atoms with van der Waals surface area (Å²) in [4.78, 5) is 0. The predicted octanol–water partition coefficient (Wildman–Crippen LogP) is 8.06. The van der Waals surface area contributed by atoms with E-state index in [2.05, 4.69) is 6.07 Å². The van der Waals surface area contributed by atoms with Gasteiger partial charge in [-0.2, -0.15) is 0 Å². The van der Waals surface area contributed by atoms with Crippen molar-refractivity contribution < 1.29 is 41.8 Å². The average molecular weight is 589 g/mol. The van der Waals surface area contributed by atoms with Crippen LogP contribution in [-0.4, -0.2) is 19.7 Å². The molecule has 195 valence electrons. The molecule has 1 saturated carbocycles. The summed E-state index contributed by atoms with van der Waals surface area (Å²) in [5.74, 6) is -0.312. The van der Waals surface area contributed by atoms with E-state index in [1.54, 1.807) is 12.1 Å². The third kappa shape index (κ3) is 9.85. The summed E-state index contributed by atoms with van der Waals surface area (Å²) in [6.45, 7) is 4.44.